The zero-order chi connectivity index (χ0) is 10.9. The molecule has 1 aromatic rings. The molecule has 1 aromatic heterocycles. The number of hydrogen-bond acceptors (Lipinski definition) is 2. The summed E-state index contributed by atoms with van der Waals surface area (Å²) in [6.07, 6.45) is -6.17. The van der Waals surface area contributed by atoms with Crippen molar-refractivity contribution in [2.24, 2.45) is 12.8 Å². The molecule has 0 saturated carbocycles. The minimum Gasteiger partial charge on any atom is -0.327 e. The Morgan fingerprint density at radius 2 is 2.14 bits per heavy atom. The molecule has 1 unspecified atom stereocenters. The van der Waals surface area contributed by atoms with Gasteiger partial charge in [0.25, 0.3) is 0 Å². The number of rotatable bonds is 2. The van der Waals surface area contributed by atoms with Crippen LogP contribution in [0.5, 0.6) is 0 Å². The van der Waals surface area contributed by atoms with Gasteiger partial charge in [-0.3, -0.25) is 4.68 Å². The Morgan fingerprint density at radius 1 is 1.57 bits per heavy atom. The Bertz CT molecular complexity index is 317. The first kappa shape index (κ1) is 11.0. The lowest BCUT2D eigenvalue weighted by molar-refractivity contribution is -0.141. The molecule has 0 aliphatic heterocycles. The summed E-state index contributed by atoms with van der Waals surface area (Å²) in [6, 6.07) is 0.664. The van der Waals surface area contributed by atoms with Crippen LogP contribution >= 0.6 is 0 Å². The van der Waals surface area contributed by atoms with Crippen LogP contribution in [-0.4, -0.2) is 16.3 Å². The fourth-order valence-corrected chi connectivity index (χ4v) is 1.03. The second-order valence-corrected chi connectivity index (χ2v) is 2.78. The molecule has 0 aliphatic carbocycles. The van der Waals surface area contributed by atoms with Gasteiger partial charge in [-0.1, -0.05) is 0 Å². The van der Waals surface area contributed by atoms with Gasteiger partial charge in [0.15, 0.2) is 11.9 Å². The molecule has 1 rings (SSSR count). The highest BCUT2D eigenvalue weighted by Crippen LogP contribution is 2.30. The summed E-state index contributed by atoms with van der Waals surface area (Å²) in [6.45, 7) is -0.364. The molecule has 0 aromatic carbocycles. The van der Waals surface area contributed by atoms with Crippen LogP contribution in [-0.2, 0) is 13.2 Å². The molecule has 0 spiro atoms. The van der Waals surface area contributed by atoms with E-state index in [0.717, 1.165) is 4.68 Å². The fourth-order valence-electron chi connectivity index (χ4n) is 1.03. The second kappa shape index (κ2) is 3.56. The monoisotopic (exact) mass is 211 g/mol. The molecular weight excluding hydrogens is 202 g/mol. The van der Waals surface area contributed by atoms with E-state index in [2.05, 4.69) is 5.10 Å². The Morgan fingerprint density at radius 3 is 2.50 bits per heavy atom. The van der Waals surface area contributed by atoms with E-state index in [-0.39, 0.29) is 12.2 Å². The number of aromatic nitrogens is 2. The van der Waals surface area contributed by atoms with E-state index >= 15 is 0 Å². The van der Waals surface area contributed by atoms with Gasteiger partial charge >= 0.3 is 6.18 Å². The van der Waals surface area contributed by atoms with Gasteiger partial charge < -0.3 is 5.73 Å². The summed E-state index contributed by atoms with van der Waals surface area (Å²) in [5.41, 5.74) is 3.72. The highest BCUT2D eigenvalue weighted by atomic mass is 19.4. The molecular formula is C7H9F4N3. The Labute approximate surface area is 77.5 Å². The van der Waals surface area contributed by atoms with Gasteiger partial charge in [0.1, 0.15) is 0 Å². The van der Waals surface area contributed by atoms with Gasteiger partial charge in [-0.15, -0.1) is 0 Å². The number of nitrogens with two attached hydrogens (primary N) is 1. The lowest BCUT2D eigenvalue weighted by Gasteiger charge is -2.03. The third-order valence-electron chi connectivity index (χ3n) is 1.73. The van der Waals surface area contributed by atoms with Crippen molar-refractivity contribution < 1.29 is 17.6 Å². The first-order chi connectivity index (χ1) is 6.36. The average Bonchev–Trinajstić information content (AvgIpc) is 2.45. The zero-order valence-corrected chi connectivity index (χ0v) is 7.35. The number of halogens is 4. The van der Waals surface area contributed by atoms with E-state index in [1.54, 1.807) is 0 Å². The van der Waals surface area contributed by atoms with E-state index in [1.807, 2.05) is 0 Å². The van der Waals surface area contributed by atoms with Crippen LogP contribution in [0.2, 0.25) is 0 Å². The molecule has 80 valence electrons. The van der Waals surface area contributed by atoms with E-state index in [0.29, 0.717) is 6.07 Å². The summed E-state index contributed by atoms with van der Waals surface area (Å²) in [5.74, 6) is 0. The van der Waals surface area contributed by atoms with Gasteiger partial charge in [0.05, 0.1) is 5.69 Å². The highest BCUT2D eigenvalue weighted by molar-refractivity contribution is 5.15. The summed E-state index contributed by atoms with van der Waals surface area (Å²) in [7, 11) is 1.24. The fraction of sp³-hybridized carbons (Fsp3) is 0.571. The minimum atomic E-state index is -4.55. The van der Waals surface area contributed by atoms with E-state index in [4.69, 9.17) is 5.73 Å². The van der Waals surface area contributed by atoms with E-state index in [9.17, 15) is 17.6 Å². The van der Waals surface area contributed by atoms with Crippen molar-refractivity contribution in [2.45, 2.75) is 12.3 Å². The van der Waals surface area contributed by atoms with Crippen molar-refractivity contribution >= 4 is 0 Å². The van der Waals surface area contributed by atoms with Crippen molar-refractivity contribution in [2.75, 3.05) is 6.54 Å². The van der Waals surface area contributed by atoms with Crippen molar-refractivity contribution in [1.29, 1.82) is 0 Å². The van der Waals surface area contributed by atoms with Crippen molar-refractivity contribution in [3.63, 3.8) is 0 Å². The smallest absolute Gasteiger partial charge is 0.327 e. The zero-order valence-electron chi connectivity index (χ0n) is 7.35. The second-order valence-electron chi connectivity index (χ2n) is 2.78. The topological polar surface area (TPSA) is 43.8 Å². The summed E-state index contributed by atoms with van der Waals surface area (Å²) in [5, 5.41) is 3.15. The normalized spacial score (nSPS) is 14.4. The molecule has 14 heavy (non-hydrogen) atoms. The number of hydrogen-bond donors (Lipinski definition) is 1. The van der Waals surface area contributed by atoms with Gasteiger partial charge in [-0.2, -0.15) is 18.3 Å². The number of aryl methyl sites for hydroxylation is 1. The van der Waals surface area contributed by atoms with Crippen molar-refractivity contribution in [3.05, 3.63) is 17.5 Å². The lowest BCUT2D eigenvalue weighted by Crippen LogP contribution is -2.11. The van der Waals surface area contributed by atoms with Crippen LogP contribution in [0.1, 0.15) is 17.6 Å². The molecule has 2 N–H and O–H groups in total. The van der Waals surface area contributed by atoms with Gasteiger partial charge in [-0.05, 0) is 6.07 Å². The summed E-state index contributed by atoms with van der Waals surface area (Å²) >= 11 is 0. The van der Waals surface area contributed by atoms with E-state index < -0.39 is 18.0 Å². The van der Waals surface area contributed by atoms with Crippen LogP contribution < -0.4 is 5.73 Å². The third-order valence-corrected chi connectivity index (χ3v) is 1.73. The molecule has 0 radical (unpaired) electrons. The molecule has 0 saturated heterocycles. The van der Waals surface area contributed by atoms with Crippen LogP contribution in [0.15, 0.2) is 6.07 Å². The molecule has 3 nitrogen and oxygen atoms in total. The van der Waals surface area contributed by atoms with Crippen LogP contribution in [0, 0.1) is 0 Å². The SMILES string of the molecule is Cn1nc(C(F)(F)F)cc1C(F)CN. The predicted octanol–water partition coefficient (Wildman–Crippen LogP) is 1.41. The predicted molar refractivity (Wildman–Crippen MR) is 41.1 cm³/mol. The van der Waals surface area contributed by atoms with Crippen LogP contribution in [0.3, 0.4) is 0 Å². The average molecular weight is 211 g/mol. The molecule has 0 aliphatic rings. The Hall–Kier alpha value is -1.11. The third kappa shape index (κ3) is 2.03. The maximum absolute atomic E-state index is 13.0. The molecule has 0 fully saturated rings. The molecule has 1 atom stereocenters. The van der Waals surface area contributed by atoms with Crippen molar-refractivity contribution in [3.8, 4) is 0 Å². The largest absolute Gasteiger partial charge is 0.435 e. The standard InChI is InChI=1S/C7H9F4N3/c1-14-5(4(8)3-12)2-6(13-14)7(9,10)11/h2,4H,3,12H2,1H3. The van der Waals surface area contributed by atoms with E-state index in [1.165, 1.54) is 7.05 Å². The summed E-state index contributed by atoms with van der Waals surface area (Å²) < 4.78 is 50.2. The Balaban J connectivity index is 3.05. The highest BCUT2D eigenvalue weighted by Gasteiger charge is 2.35. The van der Waals surface area contributed by atoms with Crippen molar-refractivity contribution in [1.82, 2.24) is 9.78 Å². The molecule has 0 amide bonds. The summed E-state index contributed by atoms with van der Waals surface area (Å²) in [4.78, 5) is 0. The van der Waals surface area contributed by atoms with Gasteiger partial charge in [0, 0.05) is 13.6 Å². The van der Waals surface area contributed by atoms with Gasteiger partial charge in [0.2, 0.25) is 0 Å². The Kier molecular flexibility index (Phi) is 2.79. The molecule has 7 heteroatoms. The van der Waals surface area contributed by atoms with Crippen LogP contribution in [0.25, 0.3) is 0 Å². The van der Waals surface area contributed by atoms with Crippen LogP contribution in [0.4, 0.5) is 17.6 Å². The molecule has 1 heterocycles. The maximum Gasteiger partial charge on any atom is 0.435 e. The number of nitrogens with zero attached hydrogens (tertiary/aromatic N) is 2. The minimum absolute atomic E-state index is 0.167. The first-order valence-corrected chi connectivity index (χ1v) is 3.81. The quantitative estimate of drug-likeness (QED) is 0.751. The lowest BCUT2D eigenvalue weighted by atomic mass is 10.2. The first-order valence-electron chi connectivity index (χ1n) is 3.81. The number of alkyl halides is 4. The maximum atomic E-state index is 13.0. The molecule has 0 bridgehead atoms. The van der Waals surface area contributed by atoms with Gasteiger partial charge in [-0.25, -0.2) is 4.39 Å².